The van der Waals surface area contributed by atoms with Gasteiger partial charge in [-0.3, -0.25) is 0 Å². The van der Waals surface area contributed by atoms with E-state index in [-0.39, 0.29) is 6.42 Å². The van der Waals surface area contributed by atoms with Crippen LogP contribution in [0.25, 0.3) is 0 Å². The van der Waals surface area contributed by atoms with Crippen LogP contribution in [0.3, 0.4) is 0 Å². The number of carbonyl (C=O) groups excluding carboxylic acids is 1. The molecule has 0 saturated carbocycles. The van der Waals surface area contributed by atoms with Gasteiger partial charge in [-0.2, -0.15) is 0 Å². The largest absolute Gasteiger partial charge is 0.377 e. The molecule has 0 aliphatic carbocycles. The highest BCUT2D eigenvalue weighted by Gasteiger charge is 2.03. The molecule has 0 spiro atoms. The third-order valence-electron chi connectivity index (χ3n) is 2.73. The highest BCUT2D eigenvalue weighted by atomic mass is 16.5. The van der Waals surface area contributed by atoms with Gasteiger partial charge in [0.2, 0.25) is 0 Å². The third kappa shape index (κ3) is 4.67. The van der Waals surface area contributed by atoms with E-state index >= 15 is 0 Å². The summed E-state index contributed by atoms with van der Waals surface area (Å²) >= 11 is 0. The lowest BCUT2D eigenvalue weighted by Crippen LogP contribution is -1.97. The SMILES string of the molecule is O=CCc1cc(CCCOCc2ccccc2)no1. The summed E-state index contributed by atoms with van der Waals surface area (Å²) < 4.78 is 10.6. The maximum absolute atomic E-state index is 10.3. The summed E-state index contributed by atoms with van der Waals surface area (Å²) in [7, 11) is 0. The fourth-order valence-electron chi connectivity index (χ4n) is 1.77. The smallest absolute Gasteiger partial charge is 0.144 e. The van der Waals surface area contributed by atoms with Crippen LogP contribution < -0.4 is 0 Å². The van der Waals surface area contributed by atoms with E-state index < -0.39 is 0 Å². The van der Waals surface area contributed by atoms with Gasteiger partial charge in [-0.25, -0.2) is 0 Å². The van der Waals surface area contributed by atoms with Gasteiger partial charge < -0.3 is 14.1 Å². The lowest BCUT2D eigenvalue weighted by Gasteiger charge is -2.03. The Bertz CT molecular complexity index is 493. The van der Waals surface area contributed by atoms with E-state index in [1.54, 1.807) is 0 Å². The van der Waals surface area contributed by atoms with Gasteiger partial charge in [0, 0.05) is 12.7 Å². The van der Waals surface area contributed by atoms with E-state index in [0.29, 0.717) is 19.0 Å². The van der Waals surface area contributed by atoms with Crippen LogP contribution in [-0.4, -0.2) is 18.0 Å². The van der Waals surface area contributed by atoms with Crippen molar-refractivity contribution in [2.24, 2.45) is 0 Å². The minimum Gasteiger partial charge on any atom is -0.377 e. The van der Waals surface area contributed by atoms with Crippen molar-refractivity contribution < 1.29 is 14.1 Å². The number of ether oxygens (including phenoxy) is 1. The molecule has 0 radical (unpaired) electrons. The molecular formula is C15H17NO3. The number of hydrogen-bond acceptors (Lipinski definition) is 4. The zero-order valence-electron chi connectivity index (χ0n) is 10.7. The summed E-state index contributed by atoms with van der Waals surface area (Å²) in [6.07, 6.45) is 2.79. The van der Waals surface area contributed by atoms with Crippen LogP contribution in [0.1, 0.15) is 23.4 Å². The number of rotatable bonds is 8. The molecule has 0 aliphatic heterocycles. The van der Waals surface area contributed by atoms with Crippen molar-refractivity contribution in [3.05, 3.63) is 53.4 Å². The summed E-state index contributed by atoms with van der Waals surface area (Å²) in [5.41, 5.74) is 2.05. The van der Waals surface area contributed by atoms with Crippen molar-refractivity contribution >= 4 is 6.29 Å². The predicted molar refractivity (Wildman–Crippen MR) is 70.7 cm³/mol. The number of aromatic nitrogens is 1. The molecule has 0 fully saturated rings. The molecule has 4 nitrogen and oxygen atoms in total. The van der Waals surface area contributed by atoms with Crippen molar-refractivity contribution in [3.8, 4) is 0 Å². The number of nitrogens with zero attached hydrogens (tertiary/aromatic N) is 1. The van der Waals surface area contributed by atoms with Gasteiger partial charge in [-0.05, 0) is 18.4 Å². The Morgan fingerprint density at radius 2 is 2.11 bits per heavy atom. The molecule has 0 N–H and O–H groups in total. The number of aryl methyl sites for hydroxylation is 1. The van der Waals surface area contributed by atoms with Crippen molar-refractivity contribution in [1.82, 2.24) is 5.16 Å². The first-order chi connectivity index (χ1) is 9.38. The fourth-order valence-corrected chi connectivity index (χ4v) is 1.77. The lowest BCUT2D eigenvalue weighted by molar-refractivity contribution is -0.107. The minimum absolute atomic E-state index is 0.289. The van der Waals surface area contributed by atoms with Gasteiger partial charge in [-0.1, -0.05) is 35.5 Å². The Morgan fingerprint density at radius 1 is 1.26 bits per heavy atom. The number of benzene rings is 1. The van der Waals surface area contributed by atoms with Crippen LogP contribution in [0, 0.1) is 0 Å². The molecule has 0 amide bonds. The van der Waals surface area contributed by atoms with Crippen LogP contribution in [0.2, 0.25) is 0 Å². The molecule has 1 aromatic carbocycles. The first kappa shape index (κ1) is 13.5. The van der Waals surface area contributed by atoms with Crippen molar-refractivity contribution in [3.63, 3.8) is 0 Å². The molecule has 2 rings (SSSR count). The Hall–Kier alpha value is -1.94. The summed E-state index contributed by atoms with van der Waals surface area (Å²) in [6.45, 7) is 1.32. The van der Waals surface area contributed by atoms with Crippen LogP contribution in [0.5, 0.6) is 0 Å². The van der Waals surface area contributed by atoms with Crippen molar-refractivity contribution in [1.29, 1.82) is 0 Å². The van der Waals surface area contributed by atoms with Gasteiger partial charge in [0.1, 0.15) is 12.0 Å². The molecule has 2 aromatic rings. The van der Waals surface area contributed by atoms with Crippen LogP contribution in [0.15, 0.2) is 40.9 Å². The maximum atomic E-state index is 10.3. The summed E-state index contributed by atoms with van der Waals surface area (Å²) in [6, 6.07) is 11.9. The van der Waals surface area contributed by atoms with Gasteiger partial charge in [0.15, 0.2) is 0 Å². The molecule has 0 aliphatic rings. The van der Waals surface area contributed by atoms with Crippen LogP contribution >= 0.6 is 0 Å². The quantitative estimate of drug-likeness (QED) is 0.540. The zero-order valence-corrected chi connectivity index (χ0v) is 10.7. The Kier molecular flexibility index (Phi) is 5.31. The molecule has 4 heteroatoms. The third-order valence-corrected chi connectivity index (χ3v) is 2.73. The van der Waals surface area contributed by atoms with E-state index in [2.05, 4.69) is 5.16 Å². The second kappa shape index (κ2) is 7.48. The second-order valence-corrected chi connectivity index (χ2v) is 4.30. The highest BCUT2D eigenvalue weighted by molar-refractivity contribution is 5.53. The monoisotopic (exact) mass is 259 g/mol. The second-order valence-electron chi connectivity index (χ2n) is 4.30. The normalized spacial score (nSPS) is 10.5. The predicted octanol–water partition coefficient (Wildman–Crippen LogP) is 2.57. The average Bonchev–Trinajstić information content (AvgIpc) is 2.88. The van der Waals surface area contributed by atoms with Crippen molar-refractivity contribution in [2.45, 2.75) is 25.9 Å². The lowest BCUT2D eigenvalue weighted by atomic mass is 10.2. The first-order valence-corrected chi connectivity index (χ1v) is 6.38. The molecule has 0 saturated heterocycles. The van der Waals surface area contributed by atoms with E-state index in [1.165, 1.54) is 5.56 Å². The van der Waals surface area contributed by atoms with Gasteiger partial charge in [0.05, 0.1) is 18.7 Å². The van der Waals surface area contributed by atoms with Crippen molar-refractivity contribution in [2.75, 3.05) is 6.61 Å². The van der Waals surface area contributed by atoms with E-state index in [0.717, 1.165) is 24.8 Å². The molecule has 0 unspecified atom stereocenters. The summed E-state index contributed by atoms with van der Waals surface area (Å²) in [5, 5.41) is 3.90. The number of aldehydes is 1. The number of hydrogen-bond donors (Lipinski definition) is 0. The number of carbonyl (C=O) groups is 1. The first-order valence-electron chi connectivity index (χ1n) is 6.38. The molecule has 19 heavy (non-hydrogen) atoms. The Balaban J connectivity index is 1.62. The topological polar surface area (TPSA) is 52.3 Å². The molecule has 100 valence electrons. The summed E-state index contributed by atoms with van der Waals surface area (Å²) in [5.74, 6) is 0.621. The summed E-state index contributed by atoms with van der Waals surface area (Å²) in [4.78, 5) is 10.3. The molecule has 0 bridgehead atoms. The Morgan fingerprint density at radius 3 is 2.89 bits per heavy atom. The van der Waals surface area contributed by atoms with E-state index in [4.69, 9.17) is 9.26 Å². The van der Waals surface area contributed by atoms with Gasteiger partial charge >= 0.3 is 0 Å². The van der Waals surface area contributed by atoms with E-state index in [1.807, 2.05) is 36.4 Å². The molecular weight excluding hydrogens is 242 g/mol. The van der Waals surface area contributed by atoms with Gasteiger partial charge in [0.25, 0.3) is 0 Å². The zero-order chi connectivity index (χ0) is 13.3. The van der Waals surface area contributed by atoms with E-state index in [9.17, 15) is 4.79 Å². The minimum atomic E-state index is 0.289. The van der Waals surface area contributed by atoms with Crippen LogP contribution in [-0.2, 0) is 29.0 Å². The molecule has 1 aromatic heterocycles. The highest BCUT2D eigenvalue weighted by Crippen LogP contribution is 2.07. The van der Waals surface area contributed by atoms with Crippen LogP contribution in [0.4, 0.5) is 0 Å². The standard InChI is InChI=1S/C15H17NO3/c17-9-8-15-11-14(16-19-15)7-4-10-18-12-13-5-2-1-3-6-13/h1-3,5-6,9,11H,4,7-8,10,12H2. The molecule has 1 heterocycles. The van der Waals surface area contributed by atoms with Gasteiger partial charge in [-0.15, -0.1) is 0 Å². The fraction of sp³-hybridized carbons (Fsp3) is 0.333. The molecule has 0 atom stereocenters. The average molecular weight is 259 g/mol. The Labute approximate surface area is 112 Å². The maximum Gasteiger partial charge on any atom is 0.144 e.